The molecule has 3 aliphatic rings. The molecule has 0 radical (unpaired) electrons. The van der Waals surface area contributed by atoms with Gasteiger partial charge in [0.25, 0.3) is 0 Å². The van der Waals surface area contributed by atoms with Crippen LogP contribution in [0.5, 0.6) is 0 Å². The largest absolute Gasteiger partial charge is 0.293 e. The summed E-state index contributed by atoms with van der Waals surface area (Å²) in [6, 6.07) is 4.09. The molecule has 5 heteroatoms. The summed E-state index contributed by atoms with van der Waals surface area (Å²) in [4.78, 5) is 24.4. The van der Waals surface area contributed by atoms with Crippen molar-refractivity contribution < 1.29 is 9.59 Å². The molecule has 0 bridgehead atoms. The van der Waals surface area contributed by atoms with Gasteiger partial charge in [-0.1, -0.05) is 20.8 Å². The Morgan fingerprint density at radius 1 is 1.05 bits per heavy atom. The Bertz CT molecular complexity index is 585. The van der Waals surface area contributed by atoms with Gasteiger partial charge in [0, 0.05) is 5.41 Å². The first-order chi connectivity index (χ1) is 9.73. The summed E-state index contributed by atoms with van der Waals surface area (Å²) in [6.07, 6.45) is 2.93. The second-order valence-electron chi connectivity index (χ2n) is 7.73. The van der Waals surface area contributed by atoms with Gasteiger partial charge in [0.2, 0.25) is 11.8 Å². The lowest BCUT2D eigenvalue weighted by Crippen LogP contribution is -2.40. The van der Waals surface area contributed by atoms with Crippen LogP contribution >= 0.6 is 0 Å². The predicted molar refractivity (Wildman–Crippen MR) is 73.1 cm³/mol. The second kappa shape index (κ2) is 3.65. The average molecular weight is 285 g/mol. The van der Waals surface area contributed by atoms with Crippen molar-refractivity contribution >= 4 is 11.8 Å². The smallest absolute Gasteiger partial charge is 0.249 e. The van der Waals surface area contributed by atoms with Gasteiger partial charge in [-0.2, -0.15) is 10.5 Å². The van der Waals surface area contributed by atoms with Crippen LogP contribution in [0.4, 0.5) is 0 Å². The van der Waals surface area contributed by atoms with Crippen LogP contribution in [-0.2, 0) is 9.59 Å². The van der Waals surface area contributed by atoms with E-state index >= 15 is 0 Å². The molecule has 5 nitrogen and oxygen atoms in total. The second-order valence-corrected chi connectivity index (χ2v) is 7.73. The summed E-state index contributed by atoms with van der Waals surface area (Å²) in [7, 11) is 0. The molecule has 0 aromatic carbocycles. The molecule has 1 N–H and O–H groups in total. The number of carbonyl (C=O) groups excluding carboxylic acids is 2. The standard InChI is InChI=1S/C16H19N3O2/c1-13(2,3)10-4-6-14(7-5-10)15(8-17)11(20)19-12(21)16(14,15)9-18/h10H,4-7H2,1-3H3,(H,19,20,21)/t10?,14?,15-,16+. The number of rotatable bonds is 0. The van der Waals surface area contributed by atoms with Crippen LogP contribution in [0.3, 0.4) is 0 Å². The quantitative estimate of drug-likeness (QED) is 0.688. The van der Waals surface area contributed by atoms with Crippen molar-refractivity contribution in [2.24, 2.45) is 27.6 Å². The van der Waals surface area contributed by atoms with E-state index in [0.29, 0.717) is 18.8 Å². The molecule has 2 atom stereocenters. The summed E-state index contributed by atoms with van der Waals surface area (Å²) < 4.78 is 0. The Labute approximate surface area is 124 Å². The summed E-state index contributed by atoms with van der Waals surface area (Å²) in [6.45, 7) is 6.55. The van der Waals surface area contributed by atoms with Crippen LogP contribution in [0.25, 0.3) is 0 Å². The monoisotopic (exact) mass is 285 g/mol. The molecule has 110 valence electrons. The molecule has 0 aromatic heterocycles. The maximum absolute atomic E-state index is 12.2. The third-order valence-corrected chi connectivity index (χ3v) is 6.24. The topological polar surface area (TPSA) is 93.8 Å². The molecule has 0 unspecified atom stereocenters. The Balaban J connectivity index is 1.99. The van der Waals surface area contributed by atoms with Gasteiger partial charge in [-0.25, -0.2) is 0 Å². The molecule has 1 heterocycles. The first kappa shape index (κ1) is 14.1. The number of fused-ring (bicyclic) bond motifs is 3. The maximum atomic E-state index is 12.2. The third kappa shape index (κ3) is 1.18. The number of hydrogen-bond donors (Lipinski definition) is 1. The highest BCUT2D eigenvalue weighted by Crippen LogP contribution is 2.85. The highest BCUT2D eigenvalue weighted by atomic mass is 16.2. The van der Waals surface area contributed by atoms with Gasteiger partial charge in [-0.3, -0.25) is 14.9 Å². The van der Waals surface area contributed by atoms with E-state index in [4.69, 9.17) is 0 Å². The van der Waals surface area contributed by atoms with E-state index in [2.05, 4.69) is 26.1 Å². The van der Waals surface area contributed by atoms with E-state index in [0.717, 1.165) is 12.8 Å². The number of amides is 2. The Morgan fingerprint density at radius 3 is 1.81 bits per heavy atom. The molecule has 2 aliphatic carbocycles. The molecular weight excluding hydrogens is 266 g/mol. The normalized spacial score (nSPS) is 44.7. The van der Waals surface area contributed by atoms with Crippen LogP contribution in [0.2, 0.25) is 0 Å². The lowest BCUT2D eigenvalue weighted by molar-refractivity contribution is -0.131. The van der Waals surface area contributed by atoms with Crippen molar-refractivity contribution in [1.82, 2.24) is 5.32 Å². The molecule has 1 aliphatic heterocycles. The van der Waals surface area contributed by atoms with Crippen LogP contribution in [0.1, 0.15) is 46.5 Å². The lowest BCUT2D eigenvalue weighted by atomic mass is 9.65. The fourth-order valence-electron chi connectivity index (χ4n) is 4.97. The van der Waals surface area contributed by atoms with E-state index in [1.165, 1.54) is 0 Å². The van der Waals surface area contributed by atoms with Gasteiger partial charge in [0.1, 0.15) is 0 Å². The highest BCUT2D eigenvalue weighted by molar-refractivity contribution is 6.19. The molecule has 0 aromatic rings. The van der Waals surface area contributed by atoms with E-state index in [1.54, 1.807) is 0 Å². The van der Waals surface area contributed by atoms with Gasteiger partial charge in [-0.15, -0.1) is 0 Å². The molecule has 3 fully saturated rings. The number of nitrogens with zero attached hydrogens (tertiary/aromatic N) is 2. The van der Waals surface area contributed by atoms with Crippen molar-refractivity contribution in [2.45, 2.75) is 46.5 Å². The van der Waals surface area contributed by atoms with Crippen molar-refractivity contribution in [1.29, 1.82) is 10.5 Å². The minimum absolute atomic E-state index is 0.164. The number of imide groups is 1. The predicted octanol–water partition coefficient (Wildman–Crippen LogP) is 1.90. The van der Waals surface area contributed by atoms with E-state index in [-0.39, 0.29) is 5.41 Å². The van der Waals surface area contributed by atoms with Crippen LogP contribution in [0.15, 0.2) is 0 Å². The fraction of sp³-hybridized carbons (Fsp3) is 0.750. The Kier molecular flexibility index (Phi) is 2.45. The van der Waals surface area contributed by atoms with Crippen LogP contribution < -0.4 is 5.32 Å². The number of hydrogen-bond acceptors (Lipinski definition) is 4. The van der Waals surface area contributed by atoms with Gasteiger partial charge < -0.3 is 0 Å². The van der Waals surface area contributed by atoms with Gasteiger partial charge in [0.05, 0.1) is 12.1 Å². The summed E-state index contributed by atoms with van der Waals surface area (Å²) >= 11 is 0. The molecule has 21 heavy (non-hydrogen) atoms. The average Bonchev–Trinajstić information content (AvgIpc) is 2.83. The van der Waals surface area contributed by atoms with Crippen molar-refractivity contribution in [3.8, 4) is 12.1 Å². The Morgan fingerprint density at radius 2 is 1.48 bits per heavy atom. The zero-order valence-electron chi connectivity index (χ0n) is 12.6. The highest BCUT2D eigenvalue weighted by Gasteiger charge is 2.98. The first-order valence-corrected chi connectivity index (χ1v) is 7.42. The summed E-state index contributed by atoms with van der Waals surface area (Å²) in [5.74, 6) is -0.634. The summed E-state index contributed by atoms with van der Waals surface area (Å²) in [5, 5.41) is 21.4. The minimum Gasteiger partial charge on any atom is -0.293 e. The van der Waals surface area contributed by atoms with E-state index in [9.17, 15) is 20.1 Å². The molecule has 3 rings (SSSR count). The fourth-order valence-corrected chi connectivity index (χ4v) is 4.97. The van der Waals surface area contributed by atoms with Gasteiger partial charge in [-0.05, 0) is 37.0 Å². The number of piperidine rings is 1. The minimum atomic E-state index is -1.45. The van der Waals surface area contributed by atoms with E-state index in [1.807, 2.05) is 12.1 Å². The summed E-state index contributed by atoms with van der Waals surface area (Å²) in [5.41, 5.74) is -3.49. The number of nitrogens with one attached hydrogen (secondary N) is 1. The molecule has 2 saturated carbocycles. The Hall–Kier alpha value is -1.88. The first-order valence-electron chi connectivity index (χ1n) is 7.42. The molecular formula is C16H19N3O2. The number of carbonyl (C=O) groups is 2. The van der Waals surface area contributed by atoms with Crippen LogP contribution in [-0.4, -0.2) is 11.8 Å². The lowest BCUT2D eigenvalue weighted by Gasteiger charge is -2.39. The zero-order chi connectivity index (χ0) is 15.7. The van der Waals surface area contributed by atoms with E-state index < -0.39 is 28.1 Å². The van der Waals surface area contributed by atoms with Crippen molar-refractivity contribution in [2.75, 3.05) is 0 Å². The van der Waals surface area contributed by atoms with Gasteiger partial charge in [0.15, 0.2) is 10.8 Å². The molecule has 2 amide bonds. The molecule has 1 spiro atoms. The zero-order valence-corrected chi connectivity index (χ0v) is 12.6. The van der Waals surface area contributed by atoms with Crippen LogP contribution in [0, 0.1) is 50.2 Å². The SMILES string of the molecule is CC(C)(C)C1CCC2(CC1)[C@]1(C#N)C(=O)NC(=O)[C@]21C#N. The van der Waals surface area contributed by atoms with Crippen molar-refractivity contribution in [3.63, 3.8) is 0 Å². The third-order valence-electron chi connectivity index (χ3n) is 6.24. The van der Waals surface area contributed by atoms with Gasteiger partial charge >= 0.3 is 0 Å². The van der Waals surface area contributed by atoms with Crippen molar-refractivity contribution in [3.05, 3.63) is 0 Å². The maximum Gasteiger partial charge on any atom is 0.249 e. The number of nitriles is 2. The molecule has 1 saturated heterocycles.